The monoisotopic (exact) mass is 463 g/mol. The van der Waals surface area contributed by atoms with Crippen molar-refractivity contribution in [3.05, 3.63) is 81.2 Å². The van der Waals surface area contributed by atoms with Crippen LogP contribution in [0.1, 0.15) is 5.56 Å². The Bertz CT molecular complexity index is 1470. The van der Waals surface area contributed by atoms with Gasteiger partial charge >= 0.3 is 0 Å². The molecule has 2 aromatic carbocycles. The van der Waals surface area contributed by atoms with Crippen LogP contribution in [0.15, 0.2) is 70.1 Å². The lowest BCUT2D eigenvalue weighted by molar-refractivity contribution is 0.358. The van der Waals surface area contributed by atoms with Crippen LogP contribution in [0.25, 0.3) is 27.6 Å². The number of benzene rings is 2. The lowest BCUT2D eigenvalue weighted by Gasteiger charge is -2.14. The predicted molar refractivity (Wildman–Crippen MR) is 121 cm³/mol. The first-order valence-corrected chi connectivity index (χ1v) is 10.2. The maximum Gasteiger partial charge on any atom is 0.264 e. The first-order valence-electron chi connectivity index (χ1n) is 9.41. The Morgan fingerprint density at radius 1 is 1.00 bits per heavy atom. The number of hydrogen-bond acceptors (Lipinski definition) is 4. The molecule has 3 heterocycles. The molecule has 30 heavy (non-hydrogen) atoms. The number of halogens is 1. The summed E-state index contributed by atoms with van der Waals surface area (Å²) in [6, 6.07) is 17.4. The second-order valence-corrected chi connectivity index (χ2v) is 7.88. The van der Waals surface area contributed by atoms with E-state index in [1.54, 1.807) is 18.8 Å². The molecule has 0 bridgehead atoms. The molecule has 0 saturated carbocycles. The lowest BCUT2D eigenvalue weighted by Crippen LogP contribution is -2.23. The minimum atomic E-state index is -0.154. The highest BCUT2D eigenvalue weighted by Crippen LogP contribution is 2.36. The second kappa shape index (κ2) is 7.18. The van der Waals surface area contributed by atoms with Gasteiger partial charge in [0.25, 0.3) is 5.56 Å². The summed E-state index contributed by atoms with van der Waals surface area (Å²) in [5.74, 6) is 0.932. The zero-order chi connectivity index (χ0) is 20.8. The van der Waals surface area contributed by atoms with Gasteiger partial charge in [-0.2, -0.15) is 0 Å². The van der Waals surface area contributed by atoms with Crippen LogP contribution in [-0.2, 0) is 6.54 Å². The molecular formula is C23H18BrN3O3. The molecule has 150 valence electrons. The summed E-state index contributed by atoms with van der Waals surface area (Å²) in [4.78, 5) is 18.6. The van der Waals surface area contributed by atoms with Crippen molar-refractivity contribution in [3.8, 4) is 11.5 Å². The molecule has 0 amide bonds. The Morgan fingerprint density at radius 3 is 2.53 bits per heavy atom. The van der Waals surface area contributed by atoms with E-state index in [9.17, 15) is 4.79 Å². The summed E-state index contributed by atoms with van der Waals surface area (Å²) in [7, 11) is 3.11. The highest BCUT2D eigenvalue weighted by molar-refractivity contribution is 9.10. The van der Waals surface area contributed by atoms with Gasteiger partial charge in [0.15, 0.2) is 11.5 Å². The fourth-order valence-electron chi connectivity index (χ4n) is 3.93. The number of nitrogens with zero attached hydrogens (tertiary/aromatic N) is 3. The predicted octanol–water partition coefficient (Wildman–Crippen LogP) is 4.63. The van der Waals surface area contributed by atoms with E-state index in [1.165, 1.54) is 0 Å². The van der Waals surface area contributed by atoms with E-state index in [2.05, 4.69) is 15.9 Å². The molecule has 7 heteroatoms. The summed E-state index contributed by atoms with van der Waals surface area (Å²) in [5, 5.41) is 1.19. The number of rotatable bonds is 4. The van der Waals surface area contributed by atoms with Crippen LogP contribution in [0.4, 0.5) is 0 Å². The largest absolute Gasteiger partial charge is 0.493 e. The van der Waals surface area contributed by atoms with Gasteiger partial charge in [-0.1, -0.05) is 30.3 Å². The minimum Gasteiger partial charge on any atom is -0.493 e. The first-order chi connectivity index (χ1) is 14.6. The third kappa shape index (κ3) is 2.77. The van der Waals surface area contributed by atoms with Gasteiger partial charge in [-0.05, 0) is 45.8 Å². The molecule has 0 unspecified atom stereocenters. The van der Waals surface area contributed by atoms with Gasteiger partial charge in [0.05, 0.1) is 26.2 Å². The van der Waals surface area contributed by atoms with Crippen LogP contribution >= 0.6 is 15.9 Å². The molecule has 0 aliphatic carbocycles. The van der Waals surface area contributed by atoms with Crippen LogP contribution in [0, 0.1) is 0 Å². The van der Waals surface area contributed by atoms with Crippen LogP contribution in [0.2, 0.25) is 0 Å². The van der Waals surface area contributed by atoms with E-state index in [4.69, 9.17) is 14.5 Å². The Kier molecular flexibility index (Phi) is 4.47. The first kappa shape index (κ1) is 18.7. The Labute approximate surface area is 180 Å². The number of pyridine rings is 2. The summed E-state index contributed by atoms with van der Waals surface area (Å²) >= 11 is 3.53. The molecule has 5 rings (SSSR count). The maximum atomic E-state index is 13.8. The van der Waals surface area contributed by atoms with Crippen molar-refractivity contribution in [3.63, 3.8) is 0 Å². The molecular weight excluding hydrogens is 446 g/mol. The lowest BCUT2D eigenvalue weighted by atomic mass is 10.1. The maximum absolute atomic E-state index is 13.8. The average molecular weight is 464 g/mol. The van der Waals surface area contributed by atoms with Gasteiger partial charge in [0, 0.05) is 16.1 Å². The quantitative estimate of drug-likeness (QED) is 0.389. The molecule has 0 N–H and O–H groups in total. The van der Waals surface area contributed by atoms with Crippen molar-refractivity contribution in [1.82, 2.24) is 14.0 Å². The molecule has 6 nitrogen and oxygen atoms in total. The zero-order valence-corrected chi connectivity index (χ0v) is 18.0. The average Bonchev–Trinajstić information content (AvgIpc) is 3.14. The van der Waals surface area contributed by atoms with Crippen LogP contribution in [0.3, 0.4) is 0 Å². The topological polar surface area (TPSA) is 57.8 Å². The van der Waals surface area contributed by atoms with Crippen molar-refractivity contribution in [2.75, 3.05) is 14.2 Å². The Morgan fingerprint density at radius 2 is 1.80 bits per heavy atom. The number of aromatic nitrogens is 3. The van der Waals surface area contributed by atoms with Crippen LogP contribution < -0.4 is 15.0 Å². The number of fused-ring (bicyclic) bond motifs is 5. The van der Waals surface area contributed by atoms with Crippen molar-refractivity contribution >= 4 is 43.5 Å². The minimum absolute atomic E-state index is 0.154. The number of hydrogen-bond donors (Lipinski definition) is 0. The number of imidazole rings is 1. The van der Waals surface area contributed by atoms with Crippen molar-refractivity contribution < 1.29 is 9.47 Å². The van der Waals surface area contributed by atoms with Crippen molar-refractivity contribution in [2.45, 2.75) is 6.54 Å². The third-order valence-corrected chi connectivity index (χ3v) is 5.73. The molecule has 0 fully saturated rings. The van der Waals surface area contributed by atoms with E-state index < -0.39 is 0 Å². The van der Waals surface area contributed by atoms with E-state index in [-0.39, 0.29) is 5.56 Å². The SMILES string of the molecule is COc1ccc2c(c1OC)c(=O)n(Cc1ccccc1)c1c2nc2ccc(Br)cn21. The number of methoxy groups -OCH3 is 2. The van der Waals surface area contributed by atoms with Crippen molar-refractivity contribution in [1.29, 1.82) is 0 Å². The summed E-state index contributed by atoms with van der Waals surface area (Å²) < 4.78 is 15.6. The smallest absolute Gasteiger partial charge is 0.264 e. The van der Waals surface area contributed by atoms with E-state index in [0.29, 0.717) is 23.4 Å². The van der Waals surface area contributed by atoms with Gasteiger partial charge in [0.2, 0.25) is 0 Å². The van der Waals surface area contributed by atoms with E-state index in [0.717, 1.165) is 32.2 Å². The second-order valence-electron chi connectivity index (χ2n) is 6.96. The Hall–Kier alpha value is -3.32. The summed E-state index contributed by atoms with van der Waals surface area (Å²) in [6.07, 6.45) is 1.93. The summed E-state index contributed by atoms with van der Waals surface area (Å²) in [6.45, 7) is 0.410. The molecule has 5 aromatic rings. The normalized spacial score (nSPS) is 11.4. The van der Waals surface area contributed by atoms with Crippen LogP contribution in [-0.4, -0.2) is 28.2 Å². The molecule has 0 saturated heterocycles. The standard InChI is InChI=1S/C23H18BrN3O3/c1-29-17-10-9-16-19(21(17)30-2)23(28)27(12-14-6-4-3-5-7-14)22-20(16)25-18-11-8-15(24)13-26(18)22/h3-11,13H,12H2,1-2H3. The molecule has 0 spiro atoms. The van der Waals surface area contributed by atoms with E-state index in [1.807, 2.05) is 65.2 Å². The molecule has 0 radical (unpaired) electrons. The molecule has 0 aliphatic heterocycles. The van der Waals surface area contributed by atoms with Gasteiger partial charge in [-0.25, -0.2) is 4.98 Å². The fraction of sp³-hybridized carbons (Fsp3) is 0.130. The van der Waals surface area contributed by atoms with Crippen molar-refractivity contribution in [2.24, 2.45) is 0 Å². The van der Waals surface area contributed by atoms with Gasteiger partial charge in [0.1, 0.15) is 16.8 Å². The summed E-state index contributed by atoms with van der Waals surface area (Å²) in [5.41, 5.74) is 3.10. The zero-order valence-electron chi connectivity index (χ0n) is 16.4. The highest BCUT2D eigenvalue weighted by Gasteiger charge is 2.21. The van der Waals surface area contributed by atoms with Gasteiger partial charge in [-0.3, -0.25) is 13.8 Å². The third-order valence-electron chi connectivity index (χ3n) is 5.26. The molecule has 3 aromatic heterocycles. The highest BCUT2D eigenvalue weighted by atomic mass is 79.9. The van der Waals surface area contributed by atoms with Crippen LogP contribution in [0.5, 0.6) is 11.5 Å². The van der Waals surface area contributed by atoms with Gasteiger partial charge in [-0.15, -0.1) is 0 Å². The molecule has 0 atom stereocenters. The van der Waals surface area contributed by atoms with E-state index >= 15 is 0 Å². The molecule has 0 aliphatic rings. The van der Waals surface area contributed by atoms with Gasteiger partial charge < -0.3 is 9.47 Å². The number of ether oxygens (including phenoxy) is 2. The Balaban J connectivity index is 1.99. The fourth-order valence-corrected chi connectivity index (χ4v) is 4.26.